The molecule has 4 nitrogen and oxygen atoms in total. The zero-order chi connectivity index (χ0) is 15.5. The number of carbonyl (C=O) groups excluding carboxylic acids is 1. The topological polar surface area (TPSA) is 46.9 Å². The molecule has 3 aromatic rings. The number of hydrogen-bond acceptors (Lipinski definition) is 2. The van der Waals surface area contributed by atoms with Gasteiger partial charge in [-0.1, -0.05) is 41.9 Å². The van der Waals surface area contributed by atoms with Crippen molar-refractivity contribution >= 4 is 17.5 Å². The maximum atomic E-state index is 12.1. The molecule has 3 rings (SSSR count). The van der Waals surface area contributed by atoms with Crippen molar-refractivity contribution in [3.63, 3.8) is 0 Å². The van der Waals surface area contributed by atoms with Gasteiger partial charge in [0.15, 0.2) is 0 Å². The Morgan fingerprint density at radius 3 is 2.41 bits per heavy atom. The summed E-state index contributed by atoms with van der Waals surface area (Å²) in [6, 6.07) is 16.9. The largest absolute Gasteiger partial charge is 0.355 e. The number of para-hydroxylation sites is 1. The molecule has 0 unspecified atom stereocenters. The molecule has 0 atom stereocenters. The van der Waals surface area contributed by atoms with Crippen LogP contribution in [-0.2, 0) is 0 Å². The van der Waals surface area contributed by atoms with Crippen LogP contribution in [0.1, 0.15) is 10.4 Å². The van der Waals surface area contributed by atoms with Crippen LogP contribution in [0.25, 0.3) is 16.9 Å². The average Bonchev–Trinajstić information content (AvgIpc) is 3.01. The normalized spacial score (nSPS) is 10.5. The summed E-state index contributed by atoms with van der Waals surface area (Å²) in [4.78, 5) is 12.1. The summed E-state index contributed by atoms with van der Waals surface area (Å²) in [6.45, 7) is 0. The fraction of sp³-hybridized carbons (Fsp3) is 0.0588. The third-order valence-electron chi connectivity index (χ3n) is 3.32. The minimum Gasteiger partial charge on any atom is -0.355 e. The summed E-state index contributed by atoms with van der Waals surface area (Å²) in [7, 11) is 1.60. The minimum absolute atomic E-state index is 0.174. The Hall–Kier alpha value is -2.59. The van der Waals surface area contributed by atoms with Crippen LogP contribution in [-0.4, -0.2) is 22.7 Å². The Kier molecular flexibility index (Phi) is 3.94. The number of nitrogens with one attached hydrogen (secondary N) is 1. The first kappa shape index (κ1) is 14.4. The summed E-state index contributed by atoms with van der Waals surface area (Å²) in [6.07, 6.45) is 1.73. The maximum absolute atomic E-state index is 12.1. The number of nitrogens with zero attached hydrogens (tertiary/aromatic N) is 2. The molecule has 0 bridgehead atoms. The van der Waals surface area contributed by atoms with Crippen molar-refractivity contribution < 1.29 is 4.79 Å². The fourth-order valence-electron chi connectivity index (χ4n) is 2.21. The lowest BCUT2D eigenvalue weighted by Gasteiger charge is -2.01. The van der Waals surface area contributed by atoms with E-state index < -0.39 is 0 Å². The maximum Gasteiger partial charge on any atom is 0.254 e. The number of amides is 1. The Balaban J connectivity index is 2.13. The van der Waals surface area contributed by atoms with Gasteiger partial charge in [0.25, 0.3) is 5.91 Å². The highest BCUT2D eigenvalue weighted by molar-refractivity contribution is 6.30. The summed E-state index contributed by atoms with van der Waals surface area (Å²) in [5, 5.41) is 7.86. The van der Waals surface area contributed by atoms with Gasteiger partial charge in [0.2, 0.25) is 0 Å². The third-order valence-corrected chi connectivity index (χ3v) is 3.58. The standard InChI is InChI=1S/C17H14ClN3O/c1-19-17(22)15-11-21(14-5-3-2-4-6-14)20-16(15)12-7-9-13(18)10-8-12/h2-11H,1H3,(H,19,22). The number of rotatable bonds is 3. The Morgan fingerprint density at radius 1 is 1.09 bits per heavy atom. The van der Waals surface area contributed by atoms with E-state index in [0.29, 0.717) is 16.3 Å². The van der Waals surface area contributed by atoms with Crippen LogP contribution >= 0.6 is 11.6 Å². The number of aromatic nitrogens is 2. The Bertz CT molecular complexity index is 795. The highest BCUT2D eigenvalue weighted by Crippen LogP contribution is 2.25. The Labute approximate surface area is 133 Å². The summed E-state index contributed by atoms with van der Waals surface area (Å²) in [5.74, 6) is -0.174. The predicted molar refractivity (Wildman–Crippen MR) is 87.4 cm³/mol. The van der Waals surface area contributed by atoms with E-state index in [2.05, 4.69) is 10.4 Å². The molecule has 0 aliphatic rings. The summed E-state index contributed by atoms with van der Waals surface area (Å²) in [5.41, 5.74) is 2.89. The predicted octanol–water partition coefficient (Wildman–Crippen LogP) is 3.55. The van der Waals surface area contributed by atoms with Gasteiger partial charge in [-0.15, -0.1) is 0 Å². The number of benzene rings is 2. The first-order valence-electron chi connectivity index (χ1n) is 6.82. The number of carbonyl (C=O) groups is 1. The molecule has 0 radical (unpaired) electrons. The molecule has 110 valence electrons. The van der Waals surface area contributed by atoms with Crippen molar-refractivity contribution in [2.45, 2.75) is 0 Å². The second-order valence-corrected chi connectivity index (χ2v) is 5.19. The van der Waals surface area contributed by atoms with Crippen LogP contribution in [0, 0.1) is 0 Å². The molecule has 0 aliphatic heterocycles. The average molecular weight is 312 g/mol. The smallest absolute Gasteiger partial charge is 0.254 e. The van der Waals surface area contributed by atoms with Gasteiger partial charge < -0.3 is 5.32 Å². The minimum atomic E-state index is -0.174. The second kappa shape index (κ2) is 6.03. The highest BCUT2D eigenvalue weighted by Gasteiger charge is 2.17. The molecule has 1 N–H and O–H groups in total. The van der Waals surface area contributed by atoms with Crippen molar-refractivity contribution in [3.05, 3.63) is 71.4 Å². The van der Waals surface area contributed by atoms with Gasteiger partial charge in [0, 0.05) is 23.8 Å². The van der Waals surface area contributed by atoms with Gasteiger partial charge >= 0.3 is 0 Å². The number of halogens is 1. The van der Waals surface area contributed by atoms with E-state index in [-0.39, 0.29) is 5.91 Å². The molecule has 0 aliphatic carbocycles. The molecule has 0 spiro atoms. The van der Waals surface area contributed by atoms with Crippen LogP contribution < -0.4 is 5.32 Å². The van der Waals surface area contributed by atoms with Crippen LogP contribution in [0.15, 0.2) is 60.8 Å². The quantitative estimate of drug-likeness (QED) is 0.804. The van der Waals surface area contributed by atoms with E-state index in [1.54, 1.807) is 30.1 Å². The van der Waals surface area contributed by atoms with Gasteiger partial charge in [0.1, 0.15) is 5.69 Å². The lowest BCUT2D eigenvalue weighted by molar-refractivity contribution is 0.0963. The van der Waals surface area contributed by atoms with Gasteiger partial charge in [-0.05, 0) is 24.3 Å². The van der Waals surface area contributed by atoms with Gasteiger partial charge in [-0.2, -0.15) is 5.10 Å². The highest BCUT2D eigenvalue weighted by atomic mass is 35.5. The molecule has 1 heterocycles. The van der Waals surface area contributed by atoms with Crippen molar-refractivity contribution in [2.75, 3.05) is 7.05 Å². The summed E-state index contributed by atoms with van der Waals surface area (Å²) < 4.78 is 1.70. The van der Waals surface area contributed by atoms with Gasteiger partial charge in [0.05, 0.1) is 11.3 Å². The van der Waals surface area contributed by atoms with E-state index in [1.165, 1.54) is 0 Å². The molecule has 1 amide bonds. The monoisotopic (exact) mass is 311 g/mol. The van der Waals surface area contributed by atoms with E-state index in [0.717, 1.165) is 11.3 Å². The van der Waals surface area contributed by atoms with Crippen LogP contribution in [0.4, 0.5) is 0 Å². The molecular formula is C17H14ClN3O. The van der Waals surface area contributed by atoms with Crippen LogP contribution in [0.5, 0.6) is 0 Å². The van der Waals surface area contributed by atoms with E-state index in [1.807, 2.05) is 42.5 Å². The van der Waals surface area contributed by atoms with Crippen molar-refractivity contribution in [1.82, 2.24) is 15.1 Å². The molecule has 1 aromatic heterocycles. The van der Waals surface area contributed by atoms with E-state index >= 15 is 0 Å². The lowest BCUT2D eigenvalue weighted by atomic mass is 10.1. The van der Waals surface area contributed by atoms with Crippen molar-refractivity contribution in [1.29, 1.82) is 0 Å². The first-order chi connectivity index (χ1) is 10.7. The second-order valence-electron chi connectivity index (χ2n) is 4.76. The molecule has 22 heavy (non-hydrogen) atoms. The molecule has 0 saturated heterocycles. The summed E-state index contributed by atoms with van der Waals surface area (Å²) >= 11 is 5.92. The lowest BCUT2D eigenvalue weighted by Crippen LogP contribution is -2.17. The van der Waals surface area contributed by atoms with E-state index in [9.17, 15) is 4.79 Å². The molecule has 0 fully saturated rings. The fourth-order valence-corrected chi connectivity index (χ4v) is 2.33. The first-order valence-corrected chi connectivity index (χ1v) is 7.20. The van der Waals surface area contributed by atoms with Crippen LogP contribution in [0.3, 0.4) is 0 Å². The third kappa shape index (κ3) is 2.73. The zero-order valence-corrected chi connectivity index (χ0v) is 12.7. The zero-order valence-electron chi connectivity index (χ0n) is 12.0. The van der Waals surface area contributed by atoms with Crippen molar-refractivity contribution in [3.8, 4) is 16.9 Å². The molecule has 2 aromatic carbocycles. The molecule has 0 saturated carbocycles. The van der Waals surface area contributed by atoms with Crippen LogP contribution in [0.2, 0.25) is 5.02 Å². The Morgan fingerprint density at radius 2 is 1.77 bits per heavy atom. The van der Waals surface area contributed by atoms with Gasteiger partial charge in [-0.25, -0.2) is 4.68 Å². The van der Waals surface area contributed by atoms with Gasteiger partial charge in [-0.3, -0.25) is 4.79 Å². The van der Waals surface area contributed by atoms with E-state index in [4.69, 9.17) is 11.6 Å². The SMILES string of the molecule is CNC(=O)c1cn(-c2ccccc2)nc1-c1ccc(Cl)cc1. The van der Waals surface area contributed by atoms with Crippen molar-refractivity contribution in [2.24, 2.45) is 0 Å². The molecular weight excluding hydrogens is 298 g/mol. The number of hydrogen-bond donors (Lipinski definition) is 1. The molecule has 5 heteroatoms.